The molecule has 1 atom stereocenters. The molecule has 8 nitrogen and oxygen atoms in total. The number of anilines is 1. The number of carbonyl (C=O) groups is 2. The summed E-state index contributed by atoms with van der Waals surface area (Å²) in [4.78, 5) is 31.0. The van der Waals surface area contributed by atoms with Crippen LogP contribution in [-0.2, 0) is 17.8 Å². The molecule has 9 heteroatoms. The molecule has 0 bridgehead atoms. The molecule has 32 heavy (non-hydrogen) atoms. The van der Waals surface area contributed by atoms with Gasteiger partial charge in [0.25, 0.3) is 5.91 Å². The third-order valence-corrected chi connectivity index (χ3v) is 6.56. The van der Waals surface area contributed by atoms with E-state index in [1.165, 1.54) is 11.3 Å². The lowest BCUT2D eigenvalue weighted by atomic mass is 10.1. The van der Waals surface area contributed by atoms with Crippen molar-refractivity contribution in [2.75, 3.05) is 19.2 Å². The van der Waals surface area contributed by atoms with E-state index in [1.807, 2.05) is 24.3 Å². The van der Waals surface area contributed by atoms with Crippen molar-refractivity contribution < 1.29 is 23.8 Å². The molecule has 5 rings (SSSR count). The number of carbonyl (C=O) groups excluding carboxylic acids is 2. The number of hydrogen-bond acceptors (Lipinski definition) is 7. The van der Waals surface area contributed by atoms with Crippen LogP contribution in [0.4, 0.5) is 5.13 Å². The molecule has 0 saturated carbocycles. The van der Waals surface area contributed by atoms with Gasteiger partial charge in [-0.15, -0.1) is 11.3 Å². The standard InChI is InChI=1S/C23H21N3O5S/c1-29-15-5-2-13(3-6-15)11-24-22(28)16-7-9-19-20(16)25-23(32-19)26-21(27)14-4-8-17-18(10-14)31-12-30-17/h2-6,8,10,16H,7,9,11-12H2,1H3,(H,24,28)(H,25,26,27). The van der Waals surface area contributed by atoms with Gasteiger partial charge in [0, 0.05) is 17.0 Å². The predicted molar refractivity (Wildman–Crippen MR) is 119 cm³/mol. The van der Waals surface area contributed by atoms with Crippen LogP contribution in [0.15, 0.2) is 42.5 Å². The SMILES string of the molecule is COc1ccc(CNC(=O)C2CCc3sc(NC(=O)c4ccc5c(c4)OCO5)nc32)cc1. The van der Waals surface area contributed by atoms with Crippen molar-refractivity contribution >= 4 is 28.3 Å². The van der Waals surface area contributed by atoms with Crippen molar-refractivity contribution in [2.45, 2.75) is 25.3 Å². The third-order valence-electron chi connectivity index (χ3n) is 5.52. The number of fused-ring (bicyclic) bond motifs is 2. The highest BCUT2D eigenvalue weighted by atomic mass is 32.1. The summed E-state index contributed by atoms with van der Waals surface area (Å²) in [6.07, 6.45) is 1.49. The molecule has 1 unspecified atom stereocenters. The van der Waals surface area contributed by atoms with Crippen LogP contribution < -0.4 is 24.8 Å². The molecule has 2 aliphatic rings. The van der Waals surface area contributed by atoms with Gasteiger partial charge in [-0.2, -0.15) is 0 Å². The Kier molecular flexibility index (Phi) is 5.40. The summed E-state index contributed by atoms with van der Waals surface area (Å²) in [6, 6.07) is 12.6. The maximum absolute atomic E-state index is 12.8. The molecule has 1 aromatic heterocycles. The molecule has 2 aromatic carbocycles. The van der Waals surface area contributed by atoms with Crippen molar-refractivity contribution in [1.82, 2.24) is 10.3 Å². The molecule has 0 spiro atoms. The zero-order valence-electron chi connectivity index (χ0n) is 17.3. The molecule has 0 saturated heterocycles. The second-order valence-corrected chi connectivity index (χ2v) is 8.59. The summed E-state index contributed by atoms with van der Waals surface area (Å²) in [5.41, 5.74) is 2.20. The second-order valence-electron chi connectivity index (χ2n) is 7.51. The number of methoxy groups -OCH3 is 1. The zero-order valence-corrected chi connectivity index (χ0v) is 18.2. The quantitative estimate of drug-likeness (QED) is 0.595. The van der Waals surface area contributed by atoms with E-state index in [-0.39, 0.29) is 24.5 Å². The van der Waals surface area contributed by atoms with Crippen LogP contribution in [0.25, 0.3) is 0 Å². The summed E-state index contributed by atoms with van der Waals surface area (Å²) in [6.45, 7) is 0.591. The Morgan fingerprint density at radius 3 is 2.78 bits per heavy atom. The van der Waals surface area contributed by atoms with Crippen LogP contribution in [0.3, 0.4) is 0 Å². The fraction of sp³-hybridized carbons (Fsp3) is 0.261. The van der Waals surface area contributed by atoms with Gasteiger partial charge in [0.05, 0.1) is 18.7 Å². The lowest BCUT2D eigenvalue weighted by molar-refractivity contribution is -0.122. The monoisotopic (exact) mass is 451 g/mol. The Hall–Kier alpha value is -3.59. The van der Waals surface area contributed by atoms with Gasteiger partial charge in [-0.3, -0.25) is 14.9 Å². The van der Waals surface area contributed by atoms with E-state index in [0.717, 1.165) is 34.7 Å². The Morgan fingerprint density at radius 1 is 1.16 bits per heavy atom. The van der Waals surface area contributed by atoms with Crippen LogP contribution in [0, 0.1) is 0 Å². The highest BCUT2D eigenvalue weighted by Gasteiger charge is 2.32. The number of aryl methyl sites for hydroxylation is 1. The summed E-state index contributed by atoms with van der Waals surface area (Å²) in [5, 5.41) is 6.32. The summed E-state index contributed by atoms with van der Waals surface area (Å²) >= 11 is 1.42. The minimum Gasteiger partial charge on any atom is -0.497 e. The smallest absolute Gasteiger partial charge is 0.257 e. The van der Waals surface area contributed by atoms with Crippen LogP contribution in [0.2, 0.25) is 0 Å². The normalized spacial score (nSPS) is 15.8. The van der Waals surface area contributed by atoms with Crippen LogP contribution in [-0.4, -0.2) is 30.7 Å². The van der Waals surface area contributed by atoms with Gasteiger partial charge < -0.3 is 19.5 Å². The van der Waals surface area contributed by atoms with Crippen LogP contribution in [0.1, 0.15) is 38.8 Å². The second kappa shape index (κ2) is 8.51. The average molecular weight is 452 g/mol. The minimum absolute atomic E-state index is 0.0569. The van der Waals surface area contributed by atoms with Gasteiger partial charge in [-0.1, -0.05) is 12.1 Å². The number of ether oxygens (including phenoxy) is 3. The highest BCUT2D eigenvalue weighted by molar-refractivity contribution is 7.16. The number of benzene rings is 2. The summed E-state index contributed by atoms with van der Waals surface area (Å²) < 4.78 is 15.8. The van der Waals surface area contributed by atoms with Crippen molar-refractivity contribution in [3.05, 3.63) is 64.2 Å². The highest BCUT2D eigenvalue weighted by Crippen LogP contribution is 2.39. The molecule has 2 heterocycles. The van der Waals surface area contributed by atoms with E-state index < -0.39 is 0 Å². The molecular weight excluding hydrogens is 430 g/mol. The molecule has 0 fully saturated rings. The van der Waals surface area contributed by atoms with Gasteiger partial charge in [-0.05, 0) is 48.7 Å². The van der Waals surface area contributed by atoms with Crippen molar-refractivity contribution in [1.29, 1.82) is 0 Å². The number of amides is 2. The van der Waals surface area contributed by atoms with Gasteiger partial charge in [0.2, 0.25) is 12.7 Å². The van der Waals surface area contributed by atoms with E-state index in [2.05, 4.69) is 15.6 Å². The summed E-state index contributed by atoms with van der Waals surface area (Å²) in [5.74, 6) is 1.30. The Bertz CT molecular complexity index is 1170. The van der Waals surface area contributed by atoms with E-state index in [4.69, 9.17) is 14.2 Å². The van der Waals surface area contributed by atoms with Gasteiger partial charge >= 0.3 is 0 Å². The van der Waals surface area contributed by atoms with Crippen molar-refractivity contribution in [2.24, 2.45) is 0 Å². The van der Waals surface area contributed by atoms with E-state index >= 15 is 0 Å². The van der Waals surface area contributed by atoms with E-state index in [9.17, 15) is 9.59 Å². The Labute approximate surface area is 188 Å². The molecule has 1 aliphatic heterocycles. The van der Waals surface area contributed by atoms with Crippen LogP contribution >= 0.6 is 11.3 Å². The molecular formula is C23H21N3O5S. The summed E-state index contributed by atoms with van der Waals surface area (Å²) in [7, 11) is 1.62. The van der Waals surface area contributed by atoms with E-state index in [1.54, 1.807) is 25.3 Å². The molecule has 2 N–H and O–H groups in total. The number of thiazole rings is 1. The predicted octanol–water partition coefficient (Wildman–Crippen LogP) is 3.48. The first kappa shape index (κ1) is 20.3. The lowest BCUT2D eigenvalue weighted by Gasteiger charge is -2.11. The first-order valence-electron chi connectivity index (χ1n) is 10.2. The molecule has 0 radical (unpaired) electrons. The largest absolute Gasteiger partial charge is 0.497 e. The first-order valence-corrected chi connectivity index (χ1v) is 11.0. The zero-order chi connectivity index (χ0) is 22.1. The number of nitrogens with one attached hydrogen (secondary N) is 2. The first-order chi connectivity index (χ1) is 15.6. The van der Waals surface area contributed by atoms with Gasteiger partial charge in [-0.25, -0.2) is 4.98 Å². The molecule has 3 aromatic rings. The van der Waals surface area contributed by atoms with Crippen molar-refractivity contribution in [3.63, 3.8) is 0 Å². The Morgan fingerprint density at radius 2 is 1.97 bits per heavy atom. The van der Waals surface area contributed by atoms with Gasteiger partial charge in [0.15, 0.2) is 16.6 Å². The number of rotatable bonds is 6. The average Bonchev–Trinajstić information content (AvgIpc) is 3.53. The molecule has 2 amide bonds. The van der Waals surface area contributed by atoms with Crippen molar-refractivity contribution in [3.8, 4) is 17.2 Å². The van der Waals surface area contributed by atoms with E-state index in [0.29, 0.717) is 28.7 Å². The number of hydrogen-bond donors (Lipinski definition) is 2. The minimum atomic E-state index is -0.310. The molecule has 164 valence electrons. The lowest BCUT2D eigenvalue weighted by Crippen LogP contribution is -2.28. The molecule has 1 aliphatic carbocycles. The fourth-order valence-corrected chi connectivity index (χ4v) is 4.83. The maximum Gasteiger partial charge on any atom is 0.257 e. The fourth-order valence-electron chi connectivity index (χ4n) is 3.80. The van der Waals surface area contributed by atoms with Gasteiger partial charge in [0.1, 0.15) is 5.75 Å². The topological polar surface area (TPSA) is 98.8 Å². The number of aromatic nitrogens is 1. The maximum atomic E-state index is 12.8. The third kappa shape index (κ3) is 3.99. The van der Waals surface area contributed by atoms with Crippen LogP contribution in [0.5, 0.6) is 17.2 Å². The Balaban J connectivity index is 1.22. The number of nitrogens with zero attached hydrogens (tertiary/aromatic N) is 1.